The first-order valence-corrected chi connectivity index (χ1v) is 6.21. The first-order valence-electron chi connectivity index (χ1n) is 5.42. The summed E-state index contributed by atoms with van der Waals surface area (Å²) in [4.78, 5) is 0. The lowest BCUT2D eigenvalue weighted by atomic mass is 10.2. The van der Waals surface area contributed by atoms with Crippen molar-refractivity contribution < 1.29 is 18.7 Å². The van der Waals surface area contributed by atoms with Gasteiger partial charge in [-0.05, 0) is 30.3 Å². The Balaban J connectivity index is 2.47. The number of hydrogen-bond donors (Lipinski definition) is 2. The molecule has 0 saturated carbocycles. The fourth-order valence-corrected chi connectivity index (χ4v) is 1.87. The summed E-state index contributed by atoms with van der Waals surface area (Å²) in [6.45, 7) is 0. The van der Waals surface area contributed by atoms with Crippen LogP contribution >= 0.6 is 15.9 Å². The third kappa shape index (κ3) is 2.88. The van der Waals surface area contributed by atoms with Crippen LogP contribution in [0.2, 0.25) is 0 Å². The second-order valence-electron chi connectivity index (χ2n) is 3.78. The van der Waals surface area contributed by atoms with Crippen LogP contribution in [0.4, 0.5) is 8.78 Å². The number of hydrogen-bond acceptors (Lipinski definition) is 3. The Kier molecular flexibility index (Phi) is 4.19. The van der Waals surface area contributed by atoms with Crippen LogP contribution < -0.4 is 10.5 Å². The minimum Gasteiger partial charge on any atom is -0.453 e. The molecule has 2 rings (SSSR count). The Morgan fingerprint density at radius 1 is 1.20 bits per heavy atom. The molecule has 0 saturated heterocycles. The number of oxime groups is 1. The lowest BCUT2D eigenvalue weighted by Crippen LogP contribution is -2.14. The van der Waals surface area contributed by atoms with E-state index < -0.39 is 11.6 Å². The fraction of sp³-hybridized carbons (Fsp3) is 0. The van der Waals surface area contributed by atoms with Crippen molar-refractivity contribution in [2.75, 3.05) is 0 Å². The largest absolute Gasteiger partial charge is 0.453 e. The van der Waals surface area contributed by atoms with Gasteiger partial charge in [0.25, 0.3) is 0 Å². The summed E-state index contributed by atoms with van der Waals surface area (Å²) in [5.74, 6) is -2.51. The maximum absolute atomic E-state index is 13.6. The molecule has 0 amide bonds. The van der Waals surface area contributed by atoms with Crippen LogP contribution in [0.15, 0.2) is 46.0 Å². The van der Waals surface area contributed by atoms with Crippen LogP contribution in [0.1, 0.15) is 5.56 Å². The number of rotatable bonds is 3. The van der Waals surface area contributed by atoms with E-state index in [0.717, 1.165) is 6.07 Å². The van der Waals surface area contributed by atoms with Crippen LogP contribution in [0, 0.1) is 11.6 Å². The van der Waals surface area contributed by atoms with Crippen molar-refractivity contribution in [3.8, 4) is 11.5 Å². The molecular weight excluding hydrogens is 334 g/mol. The summed E-state index contributed by atoms with van der Waals surface area (Å²) in [5.41, 5.74) is 5.75. The van der Waals surface area contributed by atoms with Crippen LogP contribution in [0.5, 0.6) is 11.5 Å². The van der Waals surface area contributed by atoms with Crippen LogP contribution in [-0.2, 0) is 0 Å². The second-order valence-corrected chi connectivity index (χ2v) is 4.70. The molecule has 0 aliphatic heterocycles. The molecule has 0 aliphatic rings. The number of halogens is 3. The smallest absolute Gasteiger partial charge is 0.201 e. The van der Waals surface area contributed by atoms with Gasteiger partial charge in [-0.25, -0.2) is 4.39 Å². The van der Waals surface area contributed by atoms with Gasteiger partial charge in [-0.15, -0.1) is 0 Å². The normalized spacial score (nSPS) is 11.4. The average molecular weight is 343 g/mol. The highest BCUT2D eigenvalue weighted by atomic mass is 79.9. The zero-order chi connectivity index (χ0) is 14.7. The van der Waals surface area contributed by atoms with E-state index in [0.29, 0.717) is 4.47 Å². The highest BCUT2D eigenvalue weighted by molar-refractivity contribution is 9.10. The van der Waals surface area contributed by atoms with E-state index in [-0.39, 0.29) is 22.9 Å². The Bertz CT molecular complexity index is 677. The van der Waals surface area contributed by atoms with E-state index in [9.17, 15) is 8.78 Å². The Morgan fingerprint density at radius 2 is 1.95 bits per heavy atom. The average Bonchev–Trinajstić information content (AvgIpc) is 2.43. The summed E-state index contributed by atoms with van der Waals surface area (Å²) in [6.07, 6.45) is 0. The molecule has 7 heteroatoms. The lowest BCUT2D eigenvalue weighted by molar-refractivity contribution is 0.318. The van der Waals surface area contributed by atoms with E-state index in [2.05, 4.69) is 21.1 Å². The van der Waals surface area contributed by atoms with Gasteiger partial charge in [0.2, 0.25) is 5.82 Å². The SMILES string of the molecule is N/C(=N/O)c1ccc(Br)cc1Oc1cccc(F)c1F. The fourth-order valence-electron chi connectivity index (χ4n) is 1.53. The van der Waals surface area contributed by atoms with E-state index in [1.165, 1.54) is 24.3 Å². The van der Waals surface area contributed by atoms with Crippen molar-refractivity contribution in [3.05, 3.63) is 58.1 Å². The Labute approximate surface area is 121 Å². The monoisotopic (exact) mass is 342 g/mol. The molecule has 3 N–H and O–H groups in total. The molecule has 0 heterocycles. The minimum atomic E-state index is -1.11. The van der Waals surface area contributed by atoms with Gasteiger partial charge in [-0.1, -0.05) is 27.2 Å². The highest BCUT2D eigenvalue weighted by Gasteiger charge is 2.14. The summed E-state index contributed by atoms with van der Waals surface area (Å²) in [5, 5.41) is 11.6. The molecule has 0 aromatic heterocycles. The molecule has 0 unspecified atom stereocenters. The number of benzene rings is 2. The number of nitrogens with two attached hydrogens (primary N) is 1. The standard InChI is InChI=1S/C13H9BrF2N2O2/c14-7-4-5-8(13(17)18-19)11(6-7)20-10-3-1-2-9(15)12(10)16/h1-6,19H,(H2,17,18). The molecule has 4 nitrogen and oxygen atoms in total. The third-order valence-corrected chi connectivity index (χ3v) is 2.96. The van der Waals surface area contributed by atoms with E-state index in [4.69, 9.17) is 15.7 Å². The molecule has 0 radical (unpaired) electrons. The molecule has 2 aromatic carbocycles. The van der Waals surface area contributed by atoms with Crippen molar-refractivity contribution in [2.45, 2.75) is 0 Å². The minimum absolute atomic E-state index is 0.124. The summed E-state index contributed by atoms with van der Waals surface area (Å²) < 4.78 is 32.7. The number of amidine groups is 1. The van der Waals surface area contributed by atoms with Crippen molar-refractivity contribution in [1.29, 1.82) is 0 Å². The van der Waals surface area contributed by atoms with Gasteiger partial charge >= 0.3 is 0 Å². The molecule has 0 spiro atoms. The number of ether oxygens (including phenoxy) is 1. The summed E-state index contributed by atoms with van der Waals surface area (Å²) >= 11 is 3.22. The molecule has 0 bridgehead atoms. The first kappa shape index (κ1) is 14.3. The molecule has 0 aliphatic carbocycles. The van der Waals surface area contributed by atoms with Crippen molar-refractivity contribution in [2.24, 2.45) is 10.9 Å². The summed E-state index contributed by atoms with van der Waals surface area (Å²) in [6, 6.07) is 8.23. The second kappa shape index (κ2) is 5.87. The zero-order valence-electron chi connectivity index (χ0n) is 9.98. The molecule has 0 fully saturated rings. The predicted molar refractivity (Wildman–Crippen MR) is 73.1 cm³/mol. The van der Waals surface area contributed by atoms with Gasteiger partial charge in [-0.2, -0.15) is 4.39 Å². The first-order chi connectivity index (χ1) is 9.52. The number of nitrogens with zero attached hydrogens (tertiary/aromatic N) is 1. The Morgan fingerprint density at radius 3 is 2.65 bits per heavy atom. The zero-order valence-corrected chi connectivity index (χ0v) is 11.6. The van der Waals surface area contributed by atoms with E-state index in [1.54, 1.807) is 6.07 Å². The van der Waals surface area contributed by atoms with Crippen LogP contribution in [0.25, 0.3) is 0 Å². The van der Waals surface area contributed by atoms with Gasteiger partial charge in [0.15, 0.2) is 17.4 Å². The maximum atomic E-state index is 13.6. The summed E-state index contributed by atoms with van der Waals surface area (Å²) in [7, 11) is 0. The van der Waals surface area contributed by atoms with Crippen LogP contribution in [-0.4, -0.2) is 11.0 Å². The molecular formula is C13H9BrF2N2O2. The van der Waals surface area contributed by atoms with Crippen LogP contribution in [0.3, 0.4) is 0 Å². The van der Waals surface area contributed by atoms with Gasteiger partial charge in [-0.3, -0.25) is 0 Å². The Hall–Kier alpha value is -2.15. The topological polar surface area (TPSA) is 67.8 Å². The predicted octanol–water partition coefficient (Wildman–Crippen LogP) is 3.61. The molecule has 104 valence electrons. The van der Waals surface area contributed by atoms with Crippen molar-refractivity contribution in [1.82, 2.24) is 0 Å². The van der Waals surface area contributed by atoms with Crippen molar-refractivity contribution >= 4 is 21.8 Å². The molecule has 20 heavy (non-hydrogen) atoms. The van der Waals surface area contributed by atoms with Gasteiger partial charge in [0, 0.05) is 4.47 Å². The maximum Gasteiger partial charge on any atom is 0.201 e. The third-order valence-electron chi connectivity index (χ3n) is 2.46. The van der Waals surface area contributed by atoms with E-state index >= 15 is 0 Å². The molecule has 0 atom stereocenters. The lowest BCUT2D eigenvalue weighted by Gasteiger charge is -2.11. The highest BCUT2D eigenvalue weighted by Crippen LogP contribution is 2.30. The van der Waals surface area contributed by atoms with Gasteiger partial charge in [0.05, 0.1) is 5.56 Å². The van der Waals surface area contributed by atoms with Gasteiger partial charge < -0.3 is 15.7 Å². The van der Waals surface area contributed by atoms with Gasteiger partial charge in [0.1, 0.15) is 5.75 Å². The molecule has 2 aromatic rings. The van der Waals surface area contributed by atoms with Crippen molar-refractivity contribution in [3.63, 3.8) is 0 Å². The quantitative estimate of drug-likeness (QED) is 0.387. The van der Waals surface area contributed by atoms with E-state index in [1.807, 2.05) is 0 Å².